The first-order chi connectivity index (χ1) is 16.0. The van der Waals surface area contributed by atoms with Gasteiger partial charge < -0.3 is 14.8 Å². The lowest BCUT2D eigenvalue weighted by molar-refractivity contribution is -0.120. The van der Waals surface area contributed by atoms with E-state index in [9.17, 15) is 9.59 Å². The molecule has 0 aliphatic carbocycles. The zero-order valence-corrected chi connectivity index (χ0v) is 19.1. The number of rotatable bonds is 8. The molecule has 1 heterocycles. The lowest BCUT2D eigenvalue weighted by atomic mass is 10.0. The average molecular weight is 463 g/mol. The van der Waals surface area contributed by atoms with Crippen molar-refractivity contribution in [3.8, 4) is 11.5 Å². The first kappa shape index (κ1) is 22.4. The van der Waals surface area contributed by atoms with Crippen molar-refractivity contribution in [2.75, 3.05) is 23.4 Å². The highest BCUT2D eigenvalue weighted by molar-refractivity contribution is 6.46. The molecule has 1 aliphatic rings. The van der Waals surface area contributed by atoms with Crippen LogP contribution >= 0.6 is 11.6 Å². The maximum atomic E-state index is 13.5. The van der Waals surface area contributed by atoms with Gasteiger partial charge in [0.15, 0.2) is 0 Å². The summed E-state index contributed by atoms with van der Waals surface area (Å²) >= 11 is 6.04. The normalized spacial score (nSPS) is 13.5. The van der Waals surface area contributed by atoms with Crippen molar-refractivity contribution in [1.29, 1.82) is 0 Å². The number of hydrogen-bond donors (Lipinski definition) is 1. The molecular weight excluding hydrogens is 440 g/mol. The fourth-order valence-electron chi connectivity index (χ4n) is 3.60. The highest BCUT2D eigenvalue weighted by Crippen LogP contribution is 2.35. The van der Waals surface area contributed by atoms with E-state index < -0.39 is 11.8 Å². The Hall–Kier alpha value is -3.77. The summed E-state index contributed by atoms with van der Waals surface area (Å²) < 4.78 is 11.0. The summed E-state index contributed by atoms with van der Waals surface area (Å²) in [5.74, 6) is 0.458. The van der Waals surface area contributed by atoms with Crippen LogP contribution in [-0.4, -0.2) is 25.0 Å². The number of carbonyl (C=O) groups is 2. The van der Waals surface area contributed by atoms with Gasteiger partial charge in [0, 0.05) is 16.8 Å². The molecule has 2 amide bonds. The standard InChI is InChI=1S/C26H23ClN2O4/c1-3-32-21-14-12-20(13-15-21)29-25(30)23(17-8-10-18(27)11-9-17)24(26(29)31)28-19-6-5-7-22(16-19)33-4-2/h5-16,28H,3-4H2,1-2H3. The molecule has 7 heteroatoms. The Morgan fingerprint density at radius 2 is 1.48 bits per heavy atom. The molecule has 0 saturated carbocycles. The van der Waals surface area contributed by atoms with E-state index >= 15 is 0 Å². The Morgan fingerprint density at radius 3 is 2.15 bits per heavy atom. The molecule has 0 fully saturated rings. The molecule has 0 bridgehead atoms. The Kier molecular flexibility index (Phi) is 6.66. The van der Waals surface area contributed by atoms with Crippen molar-refractivity contribution >= 4 is 40.4 Å². The molecular formula is C26H23ClN2O4. The van der Waals surface area contributed by atoms with E-state index in [-0.39, 0.29) is 11.3 Å². The lowest BCUT2D eigenvalue weighted by Gasteiger charge is -2.16. The van der Waals surface area contributed by atoms with Crippen LogP contribution in [0, 0.1) is 0 Å². The molecule has 4 rings (SSSR count). The van der Waals surface area contributed by atoms with E-state index in [1.165, 1.54) is 0 Å². The van der Waals surface area contributed by atoms with Crippen LogP contribution < -0.4 is 19.7 Å². The van der Waals surface area contributed by atoms with E-state index in [1.807, 2.05) is 32.0 Å². The second-order valence-electron chi connectivity index (χ2n) is 7.22. The Balaban J connectivity index is 1.74. The number of nitrogens with zero attached hydrogens (tertiary/aromatic N) is 1. The maximum Gasteiger partial charge on any atom is 0.282 e. The van der Waals surface area contributed by atoms with E-state index in [2.05, 4.69) is 5.32 Å². The van der Waals surface area contributed by atoms with Crippen molar-refractivity contribution in [3.63, 3.8) is 0 Å². The van der Waals surface area contributed by atoms with E-state index in [4.69, 9.17) is 21.1 Å². The number of benzene rings is 3. The second-order valence-corrected chi connectivity index (χ2v) is 7.65. The van der Waals surface area contributed by atoms with Crippen molar-refractivity contribution in [3.05, 3.63) is 89.1 Å². The molecule has 6 nitrogen and oxygen atoms in total. The van der Waals surface area contributed by atoms with Gasteiger partial charge in [0.05, 0.1) is 24.5 Å². The molecule has 1 N–H and O–H groups in total. The van der Waals surface area contributed by atoms with Crippen molar-refractivity contribution in [2.24, 2.45) is 0 Å². The van der Waals surface area contributed by atoms with Crippen LogP contribution in [0.4, 0.5) is 11.4 Å². The van der Waals surface area contributed by atoms with Gasteiger partial charge >= 0.3 is 0 Å². The van der Waals surface area contributed by atoms with Crippen molar-refractivity contribution in [2.45, 2.75) is 13.8 Å². The zero-order valence-electron chi connectivity index (χ0n) is 18.3. The lowest BCUT2D eigenvalue weighted by Crippen LogP contribution is -2.32. The third kappa shape index (κ3) is 4.71. The summed E-state index contributed by atoms with van der Waals surface area (Å²) in [5, 5.41) is 3.68. The first-order valence-corrected chi connectivity index (χ1v) is 11.0. The molecule has 1 aliphatic heterocycles. The fourth-order valence-corrected chi connectivity index (χ4v) is 3.72. The summed E-state index contributed by atoms with van der Waals surface area (Å²) in [4.78, 5) is 28.2. The van der Waals surface area contributed by atoms with Crippen molar-refractivity contribution < 1.29 is 19.1 Å². The van der Waals surface area contributed by atoms with E-state index in [0.717, 1.165) is 4.90 Å². The summed E-state index contributed by atoms with van der Waals surface area (Å²) in [6.45, 7) is 4.83. The number of hydrogen-bond acceptors (Lipinski definition) is 5. The number of carbonyl (C=O) groups excluding carboxylic acids is 2. The minimum atomic E-state index is -0.448. The van der Waals surface area contributed by atoms with Crippen LogP contribution in [0.3, 0.4) is 0 Å². The zero-order chi connectivity index (χ0) is 23.4. The molecule has 0 atom stereocenters. The summed E-state index contributed by atoms with van der Waals surface area (Å²) in [5.41, 5.74) is 2.14. The molecule has 3 aromatic carbocycles. The maximum absolute atomic E-state index is 13.5. The summed E-state index contributed by atoms with van der Waals surface area (Å²) in [6, 6.07) is 20.9. The average Bonchev–Trinajstić information content (AvgIpc) is 3.05. The molecule has 0 aromatic heterocycles. The molecule has 0 radical (unpaired) electrons. The van der Waals surface area contributed by atoms with Gasteiger partial charge in [-0.2, -0.15) is 0 Å². The van der Waals surface area contributed by atoms with Crippen molar-refractivity contribution in [1.82, 2.24) is 0 Å². The summed E-state index contributed by atoms with van der Waals surface area (Å²) in [6.07, 6.45) is 0. The number of imide groups is 1. The number of nitrogens with one attached hydrogen (secondary N) is 1. The molecule has 0 saturated heterocycles. The quantitative estimate of drug-likeness (QED) is 0.445. The van der Waals surface area contributed by atoms with Crippen LogP contribution in [0.2, 0.25) is 5.02 Å². The van der Waals surface area contributed by atoms with E-state index in [0.29, 0.717) is 46.7 Å². The van der Waals surface area contributed by atoms with Gasteiger partial charge in [-0.25, -0.2) is 4.90 Å². The number of halogens is 1. The Labute approximate surface area is 197 Å². The van der Waals surface area contributed by atoms with Gasteiger partial charge in [0.2, 0.25) is 0 Å². The predicted octanol–water partition coefficient (Wildman–Crippen LogP) is 5.53. The van der Waals surface area contributed by atoms with Gasteiger partial charge in [0.1, 0.15) is 17.2 Å². The number of ether oxygens (including phenoxy) is 2. The molecule has 0 unspecified atom stereocenters. The van der Waals surface area contributed by atoms with Crippen LogP contribution in [0.15, 0.2) is 78.5 Å². The second kappa shape index (κ2) is 9.79. The number of anilines is 2. The van der Waals surface area contributed by atoms with Gasteiger partial charge in [-0.1, -0.05) is 29.8 Å². The molecule has 33 heavy (non-hydrogen) atoms. The topological polar surface area (TPSA) is 67.9 Å². The third-order valence-electron chi connectivity index (χ3n) is 5.04. The molecule has 168 valence electrons. The molecule has 3 aromatic rings. The minimum Gasteiger partial charge on any atom is -0.494 e. The summed E-state index contributed by atoms with van der Waals surface area (Å²) in [7, 11) is 0. The monoisotopic (exact) mass is 462 g/mol. The van der Waals surface area contributed by atoms with Gasteiger partial charge in [-0.05, 0) is 67.9 Å². The highest BCUT2D eigenvalue weighted by Gasteiger charge is 2.40. The van der Waals surface area contributed by atoms with Gasteiger partial charge in [-0.15, -0.1) is 0 Å². The Morgan fingerprint density at radius 1 is 0.818 bits per heavy atom. The SMILES string of the molecule is CCOc1ccc(N2C(=O)C(Nc3cccc(OCC)c3)=C(c3ccc(Cl)cc3)C2=O)cc1. The first-order valence-electron chi connectivity index (χ1n) is 10.6. The number of amides is 2. The van der Waals surface area contributed by atoms with Gasteiger partial charge in [0.25, 0.3) is 11.8 Å². The Bertz CT molecular complexity index is 1200. The van der Waals surface area contributed by atoms with Crippen LogP contribution in [-0.2, 0) is 9.59 Å². The third-order valence-corrected chi connectivity index (χ3v) is 5.29. The van der Waals surface area contributed by atoms with Gasteiger partial charge in [-0.3, -0.25) is 9.59 Å². The molecule has 0 spiro atoms. The van der Waals surface area contributed by atoms with E-state index in [1.54, 1.807) is 54.6 Å². The predicted molar refractivity (Wildman–Crippen MR) is 130 cm³/mol. The highest BCUT2D eigenvalue weighted by atomic mass is 35.5. The fraction of sp³-hybridized carbons (Fsp3) is 0.154. The smallest absolute Gasteiger partial charge is 0.282 e. The van der Waals surface area contributed by atoms with Crippen LogP contribution in [0.25, 0.3) is 5.57 Å². The van der Waals surface area contributed by atoms with Crippen LogP contribution in [0.5, 0.6) is 11.5 Å². The minimum absolute atomic E-state index is 0.185. The van der Waals surface area contributed by atoms with Crippen LogP contribution in [0.1, 0.15) is 19.4 Å². The largest absolute Gasteiger partial charge is 0.494 e.